The molecule has 0 radical (unpaired) electrons. The number of benzene rings is 3. The molecule has 0 amide bonds. The number of carbonyl (C=O) groups excluding carboxylic acids is 1. The molecule has 0 atom stereocenters. The molecule has 0 spiro atoms. The third-order valence-electron chi connectivity index (χ3n) is 7.68. The van der Waals surface area contributed by atoms with Gasteiger partial charge in [-0.25, -0.2) is 19.6 Å². The van der Waals surface area contributed by atoms with E-state index in [2.05, 4.69) is 4.99 Å². The summed E-state index contributed by atoms with van der Waals surface area (Å²) in [7, 11) is -8.23. The normalized spacial score (nSPS) is 14.0. The van der Waals surface area contributed by atoms with Crippen LogP contribution in [0.25, 0.3) is 0 Å². The Morgan fingerprint density at radius 2 is 1.37 bits per heavy atom. The van der Waals surface area contributed by atoms with E-state index in [4.69, 9.17) is 18.8 Å². The lowest BCUT2D eigenvalue weighted by atomic mass is 9.93. The number of aromatic carboxylic acids is 2. The molecule has 0 saturated carbocycles. The zero-order chi connectivity index (χ0) is 37.3. The van der Waals surface area contributed by atoms with Crippen molar-refractivity contribution in [1.29, 1.82) is 0 Å². The number of ketones is 1. The summed E-state index contributed by atoms with van der Waals surface area (Å²) in [6.45, 7) is 2.64. The van der Waals surface area contributed by atoms with E-state index in [0.717, 1.165) is 35.9 Å². The lowest BCUT2D eigenvalue weighted by Gasteiger charge is -2.26. The maximum Gasteiger partial charge on any atom is 0.335 e. The van der Waals surface area contributed by atoms with Crippen LogP contribution in [0.2, 0.25) is 0 Å². The SMILES string of the molecule is Cc1cc(N(CCCCS(=O)(=O)O)CCCCS(=O)(=O)O)ccc1N=C1C=C(O/C=N\c2cc(C(=O)O)cc(C(=O)O)c2)C(=O)c2ccccc21. The van der Waals surface area contributed by atoms with E-state index in [-0.39, 0.29) is 35.4 Å². The Morgan fingerprint density at radius 3 is 1.90 bits per heavy atom. The number of ether oxygens (including phenoxy) is 1. The Morgan fingerprint density at radius 1 is 0.804 bits per heavy atom. The van der Waals surface area contributed by atoms with Crippen LogP contribution in [-0.4, -0.2) is 90.6 Å². The molecular weight excluding hydrogens is 707 g/mol. The summed E-state index contributed by atoms with van der Waals surface area (Å²) >= 11 is 0. The van der Waals surface area contributed by atoms with E-state index in [0.29, 0.717) is 48.5 Å². The van der Waals surface area contributed by atoms with Gasteiger partial charge in [-0.1, -0.05) is 24.3 Å². The predicted octanol–water partition coefficient (Wildman–Crippen LogP) is 5.11. The lowest BCUT2D eigenvalue weighted by molar-refractivity contribution is 0.0696. The second kappa shape index (κ2) is 16.7. The highest BCUT2D eigenvalue weighted by atomic mass is 32.2. The number of aliphatic imine (C=N–C) groups is 2. The first-order valence-electron chi connectivity index (χ1n) is 15.5. The number of fused-ring (bicyclic) bond motifs is 1. The van der Waals surface area contributed by atoms with Crippen LogP contribution in [0, 0.1) is 6.92 Å². The van der Waals surface area contributed by atoms with Crippen molar-refractivity contribution in [2.75, 3.05) is 29.5 Å². The summed E-state index contributed by atoms with van der Waals surface area (Å²) in [5.41, 5.74) is 2.65. The molecule has 0 bridgehead atoms. The molecule has 0 fully saturated rings. The van der Waals surface area contributed by atoms with E-state index in [1.807, 2.05) is 17.9 Å². The van der Waals surface area contributed by atoms with Gasteiger partial charge in [0.05, 0.1) is 39.7 Å². The molecule has 51 heavy (non-hydrogen) atoms. The smallest absolute Gasteiger partial charge is 0.335 e. The van der Waals surface area contributed by atoms with E-state index >= 15 is 0 Å². The maximum absolute atomic E-state index is 13.3. The highest BCUT2D eigenvalue weighted by molar-refractivity contribution is 7.86. The number of hydrogen-bond donors (Lipinski definition) is 4. The Balaban J connectivity index is 1.60. The first-order valence-corrected chi connectivity index (χ1v) is 18.7. The zero-order valence-corrected chi connectivity index (χ0v) is 28.9. The number of anilines is 1. The molecule has 3 aromatic carbocycles. The fraction of sp³-hybridized carbons (Fsp3) is 0.265. The molecule has 270 valence electrons. The van der Waals surface area contributed by atoms with Crippen molar-refractivity contribution in [3.63, 3.8) is 0 Å². The second-order valence-corrected chi connectivity index (χ2v) is 14.7. The van der Waals surface area contributed by atoms with Gasteiger partial charge in [-0.2, -0.15) is 16.8 Å². The largest absolute Gasteiger partial charge is 0.478 e. The number of allylic oxidation sites excluding steroid dienone is 2. The fourth-order valence-electron chi connectivity index (χ4n) is 5.20. The number of nitrogens with zero attached hydrogens (tertiary/aromatic N) is 3. The van der Waals surface area contributed by atoms with Crippen molar-refractivity contribution in [3.05, 3.63) is 100 Å². The Bertz CT molecular complexity index is 2070. The number of hydrogen-bond acceptors (Lipinski definition) is 11. The average molecular weight is 742 g/mol. The van der Waals surface area contributed by atoms with Crippen molar-refractivity contribution < 1.29 is 55.3 Å². The van der Waals surface area contributed by atoms with Gasteiger partial charge in [0.2, 0.25) is 5.78 Å². The summed E-state index contributed by atoms with van der Waals surface area (Å²) in [6.07, 6.45) is 3.61. The van der Waals surface area contributed by atoms with Gasteiger partial charge < -0.3 is 19.8 Å². The number of unbranched alkanes of at least 4 members (excludes halogenated alkanes) is 2. The van der Waals surface area contributed by atoms with Crippen molar-refractivity contribution in [1.82, 2.24) is 0 Å². The van der Waals surface area contributed by atoms with E-state index in [1.165, 1.54) is 6.08 Å². The molecule has 0 aromatic heterocycles. The van der Waals surface area contributed by atoms with Gasteiger partial charge in [0.25, 0.3) is 20.2 Å². The van der Waals surface area contributed by atoms with Gasteiger partial charge in [-0.15, -0.1) is 0 Å². The van der Waals surface area contributed by atoms with E-state index in [9.17, 15) is 41.4 Å². The van der Waals surface area contributed by atoms with Gasteiger partial charge in [0.1, 0.15) is 0 Å². The van der Waals surface area contributed by atoms with E-state index < -0.39 is 49.5 Å². The summed E-state index contributed by atoms with van der Waals surface area (Å²) in [4.78, 5) is 46.9. The summed E-state index contributed by atoms with van der Waals surface area (Å²) in [6, 6.07) is 15.5. The molecule has 4 rings (SSSR count). The molecule has 3 aromatic rings. The van der Waals surface area contributed by atoms with Gasteiger partial charge in [-0.05, 0) is 74.6 Å². The van der Waals surface area contributed by atoms with E-state index in [1.54, 1.807) is 36.4 Å². The van der Waals surface area contributed by atoms with Crippen LogP contribution in [0.4, 0.5) is 17.1 Å². The van der Waals surface area contributed by atoms with Crippen molar-refractivity contribution in [2.45, 2.75) is 32.6 Å². The van der Waals surface area contributed by atoms with Crippen LogP contribution in [0.5, 0.6) is 0 Å². The Kier molecular flexibility index (Phi) is 12.6. The third kappa shape index (κ3) is 11.4. The van der Waals surface area contributed by atoms with Gasteiger partial charge in [0.15, 0.2) is 12.2 Å². The van der Waals surface area contributed by atoms with Crippen LogP contribution in [0.1, 0.15) is 67.9 Å². The molecule has 1 aliphatic rings. The Hall–Kier alpha value is -5.23. The fourth-order valence-corrected chi connectivity index (χ4v) is 6.34. The number of carboxylic acids is 2. The highest BCUT2D eigenvalue weighted by Crippen LogP contribution is 2.29. The van der Waals surface area contributed by atoms with Crippen LogP contribution >= 0.6 is 0 Å². The maximum atomic E-state index is 13.3. The van der Waals surface area contributed by atoms with Crippen LogP contribution in [0.3, 0.4) is 0 Å². The first-order chi connectivity index (χ1) is 24.0. The number of carboxylic acid groups (broad SMARTS) is 2. The number of rotatable bonds is 17. The van der Waals surface area contributed by atoms with Crippen LogP contribution in [-0.2, 0) is 25.0 Å². The molecule has 0 unspecified atom stereocenters. The minimum absolute atomic E-state index is 0.0212. The third-order valence-corrected chi connectivity index (χ3v) is 9.29. The van der Waals surface area contributed by atoms with Crippen molar-refractivity contribution in [3.8, 4) is 0 Å². The molecular formula is C34H35N3O12S2. The van der Waals surface area contributed by atoms with Gasteiger partial charge in [0, 0.05) is 36.0 Å². The standard InChI is InChI=1S/C34H35N3O12S2/c1-22-16-26(37(12-4-6-14-50(43,44)45)13-5-7-15-51(46,47)48)10-11-29(22)36-30-20-31(32(38)28-9-3-2-8-27(28)30)49-21-35-25-18-23(33(39)40)17-24(19-25)34(41)42/h2-3,8-11,16-21H,4-7,12-15H2,1H3,(H,39,40)(H,41,42)(H,43,44,45)(H,46,47,48)/b35-21-,36-30?. The number of aryl methyl sites for hydroxylation is 1. The topological polar surface area (TPSA) is 238 Å². The van der Waals surface area contributed by atoms with Gasteiger partial charge in [-0.3, -0.25) is 13.9 Å². The molecule has 0 saturated heterocycles. The minimum Gasteiger partial charge on any atom is -0.478 e. The van der Waals surface area contributed by atoms with Crippen molar-refractivity contribution >= 4 is 67.1 Å². The molecule has 17 heteroatoms. The van der Waals surface area contributed by atoms with Crippen LogP contribution in [0.15, 0.2) is 82.5 Å². The Labute approximate surface area is 294 Å². The molecule has 1 aliphatic carbocycles. The molecule has 0 heterocycles. The lowest BCUT2D eigenvalue weighted by Crippen LogP contribution is -2.26. The van der Waals surface area contributed by atoms with Crippen molar-refractivity contribution in [2.24, 2.45) is 9.98 Å². The molecule has 0 aliphatic heterocycles. The zero-order valence-electron chi connectivity index (χ0n) is 27.3. The first kappa shape index (κ1) is 38.6. The van der Waals surface area contributed by atoms with Crippen LogP contribution < -0.4 is 4.90 Å². The highest BCUT2D eigenvalue weighted by Gasteiger charge is 2.25. The predicted molar refractivity (Wildman–Crippen MR) is 189 cm³/mol. The quantitative estimate of drug-likeness (QED) is 0.0610. The summed E-state index contributed by atoms with van der Waals surface area (Å²) in [5.74, 6) is -4.08. The number of carbonyl (C=O) groups is 3. The minimum atomic E-state index is -4.11. The second-order valence-electron chi connectivity index (χ2n) is 11.6. The van der Waals surface area contributed by atoms with Gasteiger partial charge >= 0.3 is 11.9 Å². The molecule has 4 N–H and O–H groups in total. The number of Topliss-reactive ketones (excluding diaryl/α,β-unsaturated/α-hetero) is 1. The summed E-state index contributed by atoms with van der Waals surface area (Å²) < 4.78 is 68.4. The monoisotopic (exact) mass is 741 g/mol. The molecule has 15 nitrogen and oxygen atoms in total. The average Bonchev–Trinajstić information content (AvgIpc) is 3.05. The summed E-state index contributed by atoms with van der Waals surface area (Å²) in [5, 5.41) is 18.6.